The Morgan fingerprint density at radius 2 is 1.70 bits per heavy atom. The van der Waals surface area contributed by atoms with Crippen LogP contribution in [0.1, 0.15) is 28.4 Å². The number of sulfonamides is 1. The van der Waals surface area contributed by atoms with Crippen LogP contribution in [0, 0.1) is 6.92 Å². The number of para-hydroxylation sites is 1. The summed E-state index contributed by atoms with van der Waals surface area (Å²) in [5.74, 6) is -0.995. The molecule has 0 saturated carbocycles. The monoisotopic (exact) mass is 537 g/mol. The normalized spacial score (nSPS) is 12.3. The minimum Gasteiger partial charge on any atom is -0.468 e. The van der Waals surface area contributed by atoms with Gasteiger partial charge >= 0.3 is 5.97 Å². The van der Waals surface area contributed by atoms with Crippen molar-refractivity contribution in [2.24, 2.45) is 4.99 Å². The maximum atomic E-state index is 13.2. The van der Waals surface area contributed by atoms with Gasteiger partial charge in [0.25, 0.3) is 5.91 Å². The summed E-state index contributed by atoms with van der Waals surface area (Å²) in [6.45, 7) is 4.18. The highest BCUT2D eigenvalue weighted by molar-refractivity contribution is 7.89. The first kappa shape index (κ1) is 26.5. The lowest BCUT2D eigenvalue weighted by atomic mass is 10.2. The molecule has 37 heavy (non-hydrogen) atoms. The number of thiazole rings is 1. The second-order valence-corrected chi connectivity index (χ2v) is 11.3. The van der Waals surface area contributed by atoms with Gasteiger partial charge in [-0.25, -0.2) is 8.42 Å². The van der Waals surface area contributed by atoms with E-state index in [2.05, 4.69) is 4.99 Å². The predicted molar refractivity (Wildman–Crippen MR) is 143 cm³/mol. The Morgan fingerprint density at radius 1 is 1.00 bits per heavy atom. The first-order valence-electron chi connectivity index (χ1n) is 11.6. The molecule has 0 radical (unpaired) electrons. The molecule has 0 saturated heterocycles. The van der Waals surface area contributed by atoms with Gasteiger partial charge in [-0.1, -0.05) is 60.7 Å². The van der Waals surface area contributed by atoms with Crippen LogP contribution in [0.2, 0.25) is 0 Å². The maximum Gasteiger partial charge on any atom is 0.325 e. The van der Waals surface area contributed by atoms with Crippen molar-refractivity contribution in [3.8, 4) is 0 Å². The Balaban J connectivity index is 1.64. The van der Waals surface area contributed by atoms with Crippen LogP contribution >= 0.6 is 11.3 Å². The van der Waals surface area contributed by atoms with Crippen molar-refractivity contribution >= 4 is 43.5 Å². The molecular formula is C27H27N3O5S2. The van der Waals surface area contributed by atoms with Crippen LogP contribution in [0.5, 0.6) is 0 Å². The number of methoxy groups -OCH3 is 1. The molecule has 0 aliphatic heterocycles. The maximum absolute atomic E-state index is 13.2. The Morgan fingerprint density at radius 3 is 2.35 bits per heavy atom. The van der Waals surface area contributed by atoms with E-state index in [4.69, 9.17) is 4.74 Å². The number of rotatable bonds is 8. The summed E-state index contributed by atoms with van der Waals surface area (Å²) in [7, 11) is -2.45. The van der Waals surface area contributed by atoms with Gasteiger partial charge in [0.1, 0.15) is 6.54 Å². The van der Waals surface area contributed by atoms with E-state index in [-0.39, 0.29) is 23.5 Å². The van der Waals surface area contributed by atoms with Crippen LogP contribution < -0.4 is 4.80 Å². The molecule has 0 aliphatic rings. The molecule has 0 bridgehead atoms. The van der Waals surface area contributed by atoms with Gasteiger partial charge in [-0.15, -0.1) is 0 Å². The number of amides is 1. The van der Waals surface area contributed by atoms with Crippen molar-refractivity contribution in [1.29, 1.82) is 0 Å². The number of benzene rings is 3. The van der Waals surface area contributed by atoms with Gasteiger partial charge in [0.15, 0.2) is 4.80 Å². The minimum atomic E-state index is -3.76. The van der Waals surface area contributed by atoms with E-state index in [1.165, 1.54) is 47.0 Å². The third kappa shape index (κ3) is 5.71. The molecule has 0 N–H and O–H groups in total. The molecule has 1 heterocycles. The van der Waals surface area contributed by atoms with Gasteiger partial charge in [-0.3, -0.25) is 9.59 Å². The molecule has 0 unspecified atom stereocenters. The highest BCUT2D eigenvalue weighted by Gasteiger charge is 2.23. The number of nitrogens with zero attached hydrogens (tertiary/aromatic N) is 3. The number of fused-ring (bicyclic) bond motifs is 1. The second-order valence-electron chi connectivity index (χ2n) is 8.33. The van der Waals surface area contributed by atoms with Crippen LogP contribution in [0.3, 0.4) is 0 Å². The number of hydrogen-bond donors (Lipinski definition) is 0. The van der Waals surface area contributed by atoms with Gasteiger partial charge in [0, 0.05) is 18.7 Å². The fraction of sp³-hybridized carbons (Fsp3) is 0.222. The van der Waals surface area contributed by atoms with Crippen LogP contribution in [0.15, 0.2) is 82.7 Å². The van der Waals surface area contributed by atoms with Crippen LogP contribution in [-0.4, -0.2) is 42.8 Å². The molecule has 3 aromatic carbocycles. The topological polar surface area (TPSA) is 98.0 Å². The first-order chi connectivity index (χ1) is 17.7. The summed E-state index contributed by atoms with van der Waals surface area (Å²) >= 11 is 1.29. The quantitative estimate of drug-likeness (QED) is 0.315. The summed E-state index contributed by atoms with van der Waals surface area (Å²) in [6.07, 6.45) is 0. The molecule has 4 aromatic rings. The molecule has 1 amide bonds. The number of aromatic nitrogens is 1. The van der Waals surface area contributed by atoms with Gasteiger partial charge < -0.3 is 9.30 Å². The van der Waals surface area contributed by atoms with Crippen LogP contribution in [-0.2, 0) is 32.6 Å². The molecule has 0 aliphatic carbocycles. The lowest BCUT2D eigenvalue weighted by Gasteiger charge is -2.20. The number of aryl methyl sites for hydroxylation is 1. The number of ether oxygens (including phenoxy) is 1. The van der Waals surface area contributed by atoms with Gasteiger partial charge in [0.05, 0.1) is 22.2 Å². The Labute approximate surface area is 219 Å². The standard InChI is InChI=1S/C27H27N3O5S2/c1-4-29(17-20-10-6-5-7-11-20)37(33,34)22-15-13-21(14-16-22)26(32)28-27-30(18-24(31)35-3)25-19(2)9-8-12-23(25)36-27/h5-16H,4,17-18H2,1-3H3. The third-order valence-corrected chi connectivity index (χ3v) is 8.89. The molecule has 0 fully saturated rings. The minimum absolute atomic E-state index is 0.0844. The highest BCUT2D eigenvalue weighted by atomic mass is 32.2. The molecule has 10 heteroatoms. The van der Waals surface area contributed by atoms with Crippen molar-refractivity contribution in [1.82, 2.24) is 8.87 Å². The third-order valence-electron chi connectivity index (χ3n) is 5.91. The van der Waals surface area contributed by atoms with E-state index in [0.29, 0.717) is 11.3 Å². The smallest absolute Gasteiger partial charge is 0.325 e. The number of esters is 1. The molecule has 1 aromatic heterocycles. The largest absolute Gasteiger partial charge is 0.468 e. The highest BCUT2D eigenvalue weighted by Crippen LogP contribution is 2.22. The lowest BCUT2D eigenvalue weighted by Crippen LogP contribution is -2.30. The summed E-state index contributed by atoms with van der Waals surface area (Å²) in [5, 5.41) is 0. The first-order valence-corrected chi connectivity index (χ1v) is 13.9. The van der Waals surface area contributed by atoms with E-state index in [1.807, 2.05) is 55.5 Å². The number of carbonyl (C=O) groups is 2. The summed E-state index contributed by atoms with van der Waals surface area (Å²) in [5.41, 5.74) is 2.88. The molecule has 192 valence electrons. The SMILES string of the molecule is CCN(Cc1ccccc1)S(=O)(=O)c1ccc(C(=O)N=c2sc3cccc(C)c3n2CC(=O)OC)cc1. The van der Waals surface area contributed by atoms with Crippen LogP contribution in [0.4, 0.5) is 0 Å². The van der Waals surface area contributed by atoms with Crippen molar-refractivity contribution < 1.29 is 22.7 Å². The van der Waals surface area contributed by atoms with E-state index < -0.39 is 21.9 Å². The van der Waals surface area contributed by atoms with Crippen molar-refractivity contribution in [3.05, 3.63) is 94.3 Å². The van der Waals surface area contributed by atoms with Crippen LogP contribution in [0.25, 0.3) is 10.2 Å². The number of carbonyl (C=O) groups excluding carboxylic acids is 2. The second kappa shape index (κ2) is 11.2. The summed E-state index contributed by atoms with van der Waals surface area (Å²) in [4.78, 5) is 29.8. The molecule has 0 atom stereocenters. The summed E-state index contributed by atoms with van der Waals surface area (Å²) in [6, 6.07) is 20.9. The molecule has 4 rings (SSSR count). The van der Waals surface area contributed by atoms with E-state index >= 15 is 0 Å². The van der Waals surface area contributed by atoms with Gasteiger partial charge in [0.2, 0.25) is 10.0 Å². The zero-order valence-electron chi connectivity index (χ0n) is 20.7. The van der Waals surface area contributed by atoms with Crippen molar-refractivity contribution in [2.45, 2.75) is 31.8 Å². The van der Waals surface area contributed by atoms with E-state index in [1.54, 1.807) is 11.5 Å². The van der Waals surface area contributed by atoms with Crippen molar-refractivity contribution in [2.75, 3.05) is 13.7 Å². The fourth-order valence-corrected chi connectivity index (χ4v) is 6.50. The Hall–Kier alpha value is -3.60. The Kier molecular flexibility index (Phi) is 8.01. The predicted octanol–water partition coefficient (Wildman–Crippen LogP) is 4.14. The molecule has 0 spiro atoms. The van der Waals surface area contributed by atoms with Crippen molar-refractivity contribution in [3.63, 3.8) is 0 Å². The average Bonchev–Trinajstić information content (AvgIpc) is 3.25. The molecular weight excluding hydrogens is 510 g/mol. The fourth-order valence-electron chi connectivity index (χ4n) is 3.96. The average molecular weight is 538 g/mol. The van der Waals surface area contributed by atoms with E-state index in [0.717, 1.165) is 21.3 Å². The van der Waals surface area contributed by atoms with Gasteiger partial charge in [-0.05, 0) is 48.4 Å². The Bertz CT molecular complexity index is 1610. The number of hydrogen-bond acceptors (Lipinski definition) is 6. The molecule has 8 nitrogen and oxygen atoms in total. The van der Waals surface area contributed by atoms with E-state index in [9.17, 15) is 18.0 Å². The van der Waals surface area contributed by atoms with Gasteiger partial charge in [-0.2, -0.15) is 9.30 Å². The zero-order chi connectivity index (χ0) is 26.6. The lowest BCUT2D eigenvalue weighted by molar-refractivity contribution is -0.141. The zero-order valence-corrected chi connectivity index (χ0v) is 22.4. The summed E-state index contributed by atoms with van der Waals surface area (Å²) < 4.78 is 35.2.